The Hall–Kier alpha value is -1.60. The molecule has 5 heteroatoms. The second-order valence-electron chi connectivity index (χ2n) is 3.19. The Kier molecular flexibility index (Phi) is 4.27. The van der Waals surface area contributed by atoms with Crippen molar-refractivity contribution in [2.75, 3.05) is 0 Å². The molecule has 1 aromatic carbocycles. The summed E-state index contributed by atoms with van der Waals surface area (Å²) < 4.78 is 13.1. The molecule has 16 heavy (non-hydrogen) atoms. The minimum atomic E-state index is -0.653. The fraction of sp³-hybridized carbons (Fsp3) is 0.273. The van der Waals surface area contributed by atoms with E-state index in [2.05, 4.69) is 5.32 Å². The monoisotopic (exact) mass is 240 g/mol. The van der Waals surface area contributed by atoms with E-state index in [-0.39, 0.29) is 10.6 Å². The van der Waals surface area contributed by atoms with Gasteiger partial charge in [0.1, 0.15) is 11.9 Å². The van der Waals surface area contributed by atoms with Crippen LogP contribution < -0.4 is 5.32 Å². The lowest BCUT2D eigenvalue weighted by Gasteiger charge is -2.09. The zero-order valence-corrected chi connectivity index (χ0v) is 9.38. The summed E-state index contributed by atoms with van der Waals surface area (Å²) in [6.07, 6.45) is 0.498. The Labute approximate surface area is 97.8 Å². The SMILES string of the molecule is CCC(C#N)NC(=O)c1ccc(Cl)c(F)c1. The Morgan fingerprint density at radius 1 is 1.69 bits per heavy atom. The lowest BCUT2D eigenvalue weighted by atomic mass is 10.2. The lowest BCUT2D eigenvalue weighted by molar-refractivity contribution is 0.0944. The minimum Gasteiger partial charge on any atom is -0.336 e. The van der Waals surface area contributed by atoms with Gasteiger partial charge in [-0.1, -0.05) is 18.5 Å². The van der Waals surface area contributed by atoms with Crippen molar-refractivity contribution in [2.24, 2.45) is 0 Å². The fourth-order valence-electron chi connectivity index (χ4n) is 1.10. The van der Waals surface area contributed by atoms with Crippen molar-refractivity contribution in [1.29, 1.82) is 5.26 Å². The predicted octanol–water partition coefficient (Wildman–Crippen LogP) is 2.51. The summed E-state index contributed by atoms with van der Waals surface area (Å²) in [4.78, 5) is 11.6. The van der Waals surface area contributed by atoms with Crippen molar-refractivity contribution in [3.63, 3.8) is 0 Å². The zero-order chi connectivity index (χ0) is 12.1. The third-order valence-corrected chi connectivity index (χ3v) is 2.36. The maximum absolute atomic E-state index is 13.1. The van der Waals surface area contributed by atoms with Crippen molar-refractivity contribution in [3.8, 4) is 6.07 Å². The van der Waals surface area contributed by atoms with Crippen LogP contribution in [0.4, 0.5) is 4.39 Å². The molecule has 1 rings (SSSR count). The Morgan fingerprint density at radius 3 is 2.88 bits per heavy atom. The molecule has 0 saturated carbocycles. The summed E-state index contributed by atoms with van der Waals surface area (Å²) in [5.74, 6) is -1.14. The van der Waals surface area contributed by atoms with Gasteiger partial charge in [0.25, 0.3) is 5.91 Å². The number of nitriles is 1. The largest absolute Gasteiger partial charge is 0.336 e. The maximum atomic E-state index is 13.1. The van der Waals surface area contributed by atoms with Gasteiger partial charge < -0.3 is 5.32 Å². The normalized spacial score (nSPS) is 11.6. The van der Waals surface area contributed by atoms with Crippen LogP contribution in [-0.4, -0.2) is 11.9 Å². The maximum Gasteiger partial charge on any atom is 0.252 e. The highest BCUT2D eigenvalue weighted by molar-refractivity contribution is 6.30. The van der Waals surface area contributed by atoms with Gasteiger partial charge in [0.05, 0.1) is 11.1 Å². The van der Waals surface area contributed by atoms with Gasteiger partial charge in [0, 0.05) is 5.56 Å². The van der Waals surface area contributed by atoms with Crippen molar-refractivity contribution < 1.29 is 9.18 Å². The van der Waals surface area contributed by atoms with Gasteiger partial charge in [-0.2, -0.15) is 5.26 Å². The molecule has 1 atom stereocenters. The molecule has 0 aliphatic rings. The Bertz CT molecular complexity index is 442. The second-order valence-corrected chi connectivity index (χ2v) is 3.60. The van der Waals surface area contributed by atoms with Crippen LogP contribution in [0, 0.1) is 17.1 Å². The number of carbonyl (C=O) groups is 1. The number of carbonyl (C=O) groups excluding carboxylic acids is 1. The van der Waals surface area contributed by atoms with Crippen LogP contribution in [0.5, 0.6) is 0 Å². The van der Waals surface area contributed by atoms with E-state index in [9.17, 15) is 9.18 Å². The van der Waals surface area contributed by atoms with Gasteiger partial charge >= 0.3 is 0 Å². The first-order valence-electron chi connectivity index (χ1n) is 4.74. The minimum absolute atomic E-state index is 0.0381. The summed E-state index contributed by atoms with van der Waals surface area (Å²) in [5, 5.41) is 11.1. The van der Waals surface area contributed by atoms with Crippen LogP contribution in [0.3, 0.4) is 0 Å². The summed E-state index contributed by atoms with van der Waals surface area (Å²) in [6, 6.07) is 5.12. The lowest BCUT2D eigenvalue weighted by Crippen LogP contribution is -2.33. The summed E-state index contributed by atoms with van der Waals surface area (Å²) >= 11 is 5.49. The molecule has 0 saturated heterocycles. The van der Waals surface area contributed by atoms with Crippen LogP contribution in [0.15, 0.2) is 18.2 Å². The fourth-order valence-corrected chi connectivity index (χ4v) is 1.22. The third kappa shape index (κ3) is 2.94. The molecule has 0 bridgehead atoms. The highest BCUT2D eigenvalue weighted by atomic mass is 35.5. The molecule has 1 unspecified atom stereocenters. The van der Waals surface area contributed by atoms with Gasteiger partial charge in [0.15, 0.2) is 0 Å². The topological polar surface area (TPSA) is 52.9 Å². The van der Waals surface area contributed by atoms with Crippen LogP contribution >= 0.6 is 11.6 Å². The summed E-state index contributed by atoms with van der Waals surface area (Å²) in [6.45, 7) is 1.77. The molecule has 0 fully saturated rings. The van der Waals surface area contributed by atoms with Gasteiger partial charge in [-0.15, -0.1) is 0 Å². The van der Waals surface area contributed by atoms with E-state index >= 15 is 0 Å². The third-order valence-electron chi connectivity index (χ3n) is 2.05. The second kappa shape index (κ2) is 5.47. The molecule has 0 spiro atoms. The van der Waals surface area contributed by atoms with Gasteiger partial charge in [-0.25, -0.2) is 4.39 Å². The van der Waals surface area contributed by atoms with Crippen molar-refractivity contribution >= 4 is 17.5 Å². The van der Waals surface area contributed by atoms with E-state index in [1.165, 1.54) is 12.1 Å². The molecule has 1 N–H and O–H groups in total. The summed E-state index contributed by atoms with van der Waals surface area (Å²) in [5.41, 5.74) is 0.149. The van der Waals surface area contributed by atoms with E-state index < -0.39 is 17.8 Å². The molecule has 0 aliphatic heterocycles. The van der Waals surface area contributed by atoms with Crippen LogP contribution in [0.2, 0.25) is 5.02 Å². The summed E-state index contributed by atoms with van der Waals surface area (Å²) in [7, 11) is 0. The first kappa shape index (κ1) is 12.5. The van der Waals surface area contributed by atoms with Crippen molar-refractivity contribution in [1.82, 2.24) is 5.32 Å². The standard InChI is InChI=1S/C11H10ClFN2O/c1-2-8(6-14)15-11(16)7-3-4-9(12)10(13)5-7/h3-5,8H,2H2,1H3,(H,15,16). The highest BCUT2D eigenvalue weighted by Gasteiger charge is 2.12. The quantitative estimate of drug-likeness (QED) is 0.883. The predicted molar refractivity (Wildman–Crippen MR) is 58.6 cm³/mol. The molecule has 0 aromatic heterocycles. The number of nitrogens with zero attached hydrogens (tertiary/aromatic N) is 1. The van der Waals surface area contributed by atoms with E-state index in [4.69, 9.17) is 16.9 Å². The molecule has 1 amide bonds. The molecule has 0 heterocycles. The van der Waals surface area contributed by atoms with E-state index in [0.29, 0.717) is 6.42 Å². The van der Waals surface area contributed by atoms with Gasteiger partial charge in [-0.3, -0.25) is 4.79 Å². The van der Waals surface area contributed by atoms with Crippen LogP contribution in [-0.2, 0) is 0 Å². The number of nitrogens with one attached hydrogen (secondary N) is 1. The molecule has 0 radical (unpaired) electrons. The number of hydrogen-bond acceptors (Lipinski definition) is 2. The smallest absolute Gasteiger partial charge is 0.252 e. The average Bonchev–Trinajstić information content (AvgIpc) is 2.29. The number of benzene rings is 1. The first-order valence-corrected chi connectivity index (χ1v) is 5.11. The van der Waals surface area contributed by atoms with E-state index in [1.54, 1.807) is 6.92 Å². The number of rotatable bonds is 3. The molecular weight excluding hydrogens is 231 g/mol. The first-order chi connectivity index (χ1) is 7.58. The Balaban J connectivity index is 2.81. The highest BCUT2D eigenvalue weighted by Crippen LogP contribution is 2.15. The van der Waals surface area contributed by atoms with Crippen molar-refractivity contribution in [2.45, 2.75) is 19.4 Å². The van der Waals surface area contributed by atoms with E-state index in [1.807, 2.05) is 6.07 Å². The zero-order valence-electron chi connectivity index (χ0n) is 8.63. The van der Waals surface area contributed by atoms with E-state index in [0.717, 1.165) is 6.07 Å². The molecule has 3 nitrogen and oxygen atoms in total. The van der Waals surface area contributed by atoms with Crippen LogP contribution in [0.1, 0.15) is 23.7 Å². The van der Waals surface area contributed by atoms with Gasteiger partial charge in [0.2, 0.25) is 0 Å². The van der Waals surface area contributed by atoms with Crippen molar-refractivity contribution in [3.05, 3.63) is 34.6 Å². The van der Waals surface area contributed by atoms with Crippen LogP contribution in [0.25, 0.3) is 0 Å². The van der Waals surface area contributed by atoms with Gasteiger partial charge in [-0.05, 0) is 24.6 Å². The average molecular weight is 241 g/mol. The Morgan fingerprint density at radius 2 is 2.38 bits per heavy atom. The number of amides is 1. The molecule has 1 aromatic rings. The number of hydrogen-bond donors (Lipinski definition) is 1. The molecule has 84 valence electrons. The molecular formula is C11H10ClFN2O. The molecule has 0 aliphatic carbocycles. The number of halogens is 2.